The van der Waals surface area contributed by atoms with Gasteiger partial charge in [-0.25, -0.2) is 0 Å². The molecule has 0 radical (unpaired) electrons. The Morgan fingerprint density at radius 2 is 0.727 bits per heavy atom. The molecule has 0 N–H and O–H groups in total. The van der Waals surface area contributed by atoms with Gasteiger partial charge in [0.05, 0.1) is 23.7 Å². The first kappa shape index (κ1) is 13.9. The number of hydrogen-bond donors (Lipinski definition) is 0. The van der Waals surface area contributed by atoms with E-state index in [1.165, 1.54) is 0 Å². The molecule has 0 aromatic heterocycles. The van der Waals surface area contributed by atoms with Gasteiger partial charge in [-0.15, -0.1) is 0 Å². The molecule has 0 aromatic rings. The molecule has 0 aromatic carbocycles. The van der Waals surface area contributed by atoms with Crippen molar-refractivity contribution >= 4 is 23.6 Å². The van der Waals surface area contributed by atoms with Gasteiger partial charge >= 0.3 is 0 Å². The summed E-state index contributed by atoms with van der Waals surface area (Å²) in [5.74, 6) is -2.67. The molecule has 2 aliphatic heterocycles. The SMILES string of the molecule is O=C1[C@H]2CCCC[C@H]2C(=O)N1N1C(=O)[C@H]2CCCC[C@H]2C1=O. The van der Waals surface area contributed by atoms with Crippen molar-refractivity contribution in [3.8, 4) is 0 Å². The van der Waals surface area contributed by atoms with E-state index in [1.807, 2.05) is 0 Å². The van der Waals surface area contributed by atoms with Gasteiger partial charge in [0.15, 0.2) is 0 Å². The molecular weight excluding hydrogens is 284 g/mol. The van der Waals surface area contributed by atoms with E-state index in [9.17, 15) is 19.2 Å². The van der Waals surface area contributed by atoms with Gasteiger partial charge in [-0.3, -0.25) is 19.2 Å². The fraction of sp³-hybridized carbons (Fsp3) is 0.750. The summed E-state index contributed by atoms with van der Waals surface area (Å²) in [6, 6.07) is 0. The molecule has 6 nitrogen and oxygen atoms in total. The summed E-state index contributed by atoms with van der Waals surface area (Å²) >= 11 is 0. The second kappa shape index (κ2) is 4.89. The Bertz CT molecular complexity index is 474. The van der Waals surface area contributed by atoms with E-state index in [2.05, 4.69) is 0 Å². The van der Waals surface area contributed by atoms with Gasteiger partial charge in [-0.05, 0) is 25.7 Å². The standard InChI is InChI=1S/C16H20N2O4/c19-13-9-5-1-2-6-10(9)14(20)17(13)18-15(21)11-7-3-4-8-12(11)16(18)22/h9-12H,1-8H2/t9-,10+,11-,12+. The average Bonchev–Trinajstić information content (AvgIpc) is 2.94. The lowest BCUT2D eigenvalue weighted by Crippen LogP contribution is -2.50. The molecule has 2 heterocycles. The smallest absolute Gasteiger partial charge is 0.252 e. The maximum atomic E-state index is 12.6. The molecule has 0 spiro atoms. The van der Waals surface area contributed by atoms with Crippen LogP contribution in [0.1, 0.15) is 51.4 Å². The molecular formula is C16H20N2O4. The lowest BCUT2D eigenvalue weighted by atomic mass is 9.81. The molecule has 4 fully saturated rings. The molecule has 6 heteroatoms. The fourth-order valence-electron chi connectivity index (χ4n) is 4.68. The number of hydrazine groups is 1. The first-order chi connectivity index (χ1) is 10.6. The quantitative estimate of drug-likeness (QED) is 0.683. The molecule has 2 saturated heterocycles. The van der Waals surface area contributed by atoms with Crippen LogP contribution in [0.5, 0.6) is 0 Å². The first-order valence-electron chi connectivity index (χ1n) is 8.37. The molecule has 4 amide bonds. The van der Waals surface area contributed by atoms with Crippen molar-refractivity contribution in [2.24, 2.45) is 23.7 Å². The van der Waals surface area contributed by atoms with Gasteiger partial charge in [-0.1, -0.05) is 25.7 Å². The second-order valence-electron chi connectivity index (χ2n) is 6.97. The lowest BCUT2D eigenvalue weighted by Gasteiger charge is -2.24. The van der Waals surface area contributed by atoms with Gasteiger partial charge < -0.3 is 0 Å². The predicted octanol–water partition coefficient (Wildman–Crippen LogP) is 1.25. The Hall–Kier alpha value is -1.72. The zero-order valence-electron chi connectivity index (χ0n) is 12.5. The normalized spacial score (nSPS) is 38.5. The van der Waals surface area contributed by atoms with E-state index >= 15 is 0 Å². The third-order valence-corrected chi connectivity index (χ3v) is 5.84. The third kappa shape index (κ3) is 1.72. The molecule has 4 atom stereocenters. The molecule has 2 aliphatic carbocycles. The summed E-state index contributed by atoms with van der Waals surface area (Å²) in [6.45, 7) is 0. The second-order valence-corrected chi connectivity index (χ2v) is 6.97. The van der Waals surface area contributed by atoms with Crippen molar-refractivity contribution < 1.29 is 19.2 Å². The highest BCUT2D eigenvalue weighted by molar-refractivity contribution is 6.13. The van der Waals surface area contributed by atoms with Crippen LogP contribution in [-0.2, 0) is 19.2 Å². The Kier molecular flexibility index (Phi) is 3.09. The van der Waals surface area contributed by atoms with Crippen molar-refractivity contribution in [3.05, 3.63) is 0 Å². The Labute approximate surface area is 128 Å². The maximum absolute atomic E-state index is 12.6. The van der Waals surface area contributed by atoms with Crippen LogP contribution in [0.15, 0.2) is 0 Å². The minimum atomic E-state index is -0.338. The van der Waals surface area contributed by atoms with Crippen LogP contribution in [0.2, 0.25) is 0 Å². The molecule has 0 bridgehead atoms. The number of fused-ring (bicyclic) bond motifs is 2. The van der Waals surface area contributed by atoms with Crippen LogP contribution in [0.4, 0.5) is 0 Å². The monoisotopic (exact) mass is 304 g/mol. The van der Waals surface area contributed by atoms with Crippen molar-refractivity contribution in [1.82, 2.24) is 10.0 Å². The van der Waals surface area contributed by atoms with Crippen LogP contribution in [0.3, 0.4) is 0 Å². The molecule has 22 heavy (non-hydrogen) atoms. The maximum Gasteiger partial charge on any atom is 0.252 e. The van der Waals surface area contributed by atoms with E-state index in [0.717, 1.165) is 35.7 Å². The summed E-state index contributed by atoms with van der Waals surface area (Å²) in [5.41, 5.74) is 0. The number of carbonyl (C=O) groups excluding carboxylic acids is 4. The molecule has 4 aliphatic rings. The molecule has 0 unspecified atom stereocenters. The zero-order chi connectivity index (χ0) is 15.4. The van der Waals surface area contributed by atoms with Gasteiger partial charge in [0.1, 0.15) is 0 Å². The molecule has 2 saturated carbocycles. The Balaban J connectivity index is 1.66. The lowest BCUT2D eigenvalue weighted by molar-refractivity contribution is -0.173. The number of imide groups is 2. The minimum Gasteiger partial charge on any atom is -0.272 e. The van der Waals surface area contributed by atoms with Gasteiger partial charge in [0.2, 0.25) is 0 Å². The van der Waals surface area contributed by atoms with E-state index in [4.69, 9.17) is 0 Å². The molecule has 118 valence electrons. The van der Waals surface area contributed by atoms with Gasteiger partial charge in [-0.2, -0.15) is 10.0 Å². The summed E-state index contributed by atoms with van der Waals surface area (Å²) < 4.78 is 0. The first-order valence-corrected chi connectivity index (χ1v) is 8.37. The van der Waals surface area contributed by atoms with Crippen molar-refractivity contribution in [3.63, 3.8) is 0 Å². The number of rotatable bonds is 1. The van der Waals surface area contributed by atoms with Crippen molar-refractivity contribution in [1.29, 1.82) is 0 Å². The predicted molar refractivity (Wildman–Crippen MR) is 74.6 cm³/mol. The van der Waals surface area contributed by atoms with Crippen LogP contribution in [0.25, 0.3) is 0 Å². The van der Waals surface area contributed by atoms with Crippen LogP contribution < -0.4 is 0 Å². The fourth-order valence-corrected chi connectivity index (χ4v) is 4.68. The van der Waals surface area contributed by atoms with E-state index in [0.29, 0.717) is 25.7 Å². The zero-order valence-corrected chi connectivity index (χ0v) is 12.5. The van der Waals surface area contributed by atoms with Crippen LogP contribution in [-0.4, -0.2) is 33.6 Å². The highest BCUT2D eigenvalue weighted by atomic mass is 16.2. The number of nitrogens with zero attached hydrogens (tertiary/aromatic N) is 2. The highest BCUT2D eigenvalue weighted by Gasteiger charge is 2.58. The van der Waals surface area contributed by atoms with Crippen molar-refractivity contribution in [2.75, 3.05) is 0 Å². The number of carbonyl (C=O) groups is 4. The van der Waals surface area contributed by atoms with E-state index in [1.54, 1.807) is 0 Å². The third-order valence-electron chi connectivity index (χ3n) is 5.84. The van der Waals surface area contributed by atoms with Crippen LogP contribution in [0, 0.1) is 23.7 Å². The van der Waals surface area contributed by atoms with Gasteiger partial charge in [0, 0.05) is 0 Å². The molecule has 4 rings (SSSR count). The highest BCUT2D eigenvalue weighted by Crippen LogP contribution is 2.43. The van der Waals surface area contributed by atoms with Gasteiger partial charge in [0.25, 0.3) is 23.6 Å². The largest absolute Gasteiger partial charge is 0.272 e. The van der Waals surface area contributed by atoms with Crippen molar-refractivity contribution in [2.45, 2.75) is 51.4 Å². The summed E-state index contributed by atoms with van der Waals surface area (Å²) in [6.07, 6.45) is 6.48. The Morgan fingerprint density at radius 3 is 0.955 bits per heavy atom. The summed E-state index contributed by atoms with van der Waals surface area (Å²) in [7, 11) is 0. The number of amides is 4. The topological polar surface area (TPSA) is 74.8 Å². The number of hydrogen-bond acceptors (Lipinski definition) is 4. The van der Waals surface area contributed by atoms with Crippen LogP contribution >= 0.6 is 0 Å². The minimum absolute atomic E-state index is 0.329. The average molecular weight is 304 g/mol. The van der Waals surface area contributed by atoms with E-state index < -0.39 is 0 Å². The summed E-state index contributed by atoms with van der Waals surface area (Å²) in [5, 5.41) is 1.81. The van der Waals surface area contributed by atoms with E-state index in [-0.39, 0.29) is 47.3 Å². The Morgan fingerprint density at radius 1 is 0.500 bits per heavy atom. The summed E-state index contributed by atoms with van der Waals surface area (Å²) in [4.78, 5) is 50.4.